The summed E-state index contributed by atoms with van der Waals surface area (Å²) in [6.07, 6.45) is 1.27. The Balaban J connectivity index is 2.69. The van der Waals surface area contributed by atoms with E-state index in [0.29, 0.717) is 11.3 Å². The van der Waals surface area contributed by atoms with Crippen LogP contribution in [0.25, 0.3) is 11.3 Å². The first-order valence-corrected chi connectivity index (χ1v) is 4.90. The van der Waals surface area contributed by atoms with Crippen molar-refractivity contribution in [2.24, 2.45) is 0 Å². The molecular formula is C12H11FN2O. The van der Waals surface area contributed by atoms with Gasteiger partial charge in [-0.25, -0.2) is 9.37 Å². The molecule has 1 N–H and O–H groups in total. The molecule has 0 unspecified atom stereocenters. The van der Waals surface area contributed by atoms with Gasteiger partial charge in [-0.15, -0.1) is 0 Å². The van der Waals surface area contributed by atoms with E-state index >= 15 is 0 Å². The highest BCUT2D eigenvalue weighted by Gasteiger charge is 2.10. The molecule has 2 aromatic rings. The van der Waals surface area contributed by atoms with Crippen LogP contribution in [0, 0.1) is 19.7 Å². The summed E-state index contributed by atoms with van der Waals surface area (Å²) in [4.78, 5) is 17.5. The smallest absolute Gasteiger partial charge is 0.251 e. The monoisotopic (exact) mass is 218 g/mol. The topological polar surface area (TPSA) is 45.8 Å². The fraction of sp³-hybridized carbons (Fsp3) is 0.167. The second kappa shape index (κ2) is 3.89. The van der Waals surface area contributed by atoms with Crippen molar-refractivity contribution in [3.63, 3.8) is 0 Å². The van der Waals surface area contributed by atoms with Gasteiger partial charge in [0.05, 0.1) is 12.0 Å². The van der Waals surface area contributed by atoms with E-state index in [0.717, 1.165) is 11.1 Å². The molecule has 0 saturated carbocycles. The Morgan fingerprint density at radius 1 is 1.25 bits per heavy atom. The van der Waals surface area contributed by atoms with Crippen molar-refractivity contribution in [1.82, 2.24) is 9.97 Å². The summed E-state index contributed by atoms with van der Waals surface area (Å²) in [5.74, 6) is -0.351. The van der Waals surface area contributed by atoms with Gasteiger partial charge in [-0.3, -0.25) is 4.79 Å². The van der Waals surface area contributed by atoms with Crippen molar-refractivity contribution in [2.75, 3.05) is 0 Å². The lowest BCUT2D eigenvalue weighted by atomic mass is 10.0. The minimum absolute atomic E-state index is 0.288. The van der Waals surface area contributed by atoms with E-state index in [2.05, 4.69) is 9.97 Å². The van der Waals surface area contributed by atoms with E-state index in [-0.39, 0.29) is 11.4 Å². The summed E-state index contributed by atoms with van der Waals surface area (Å²) in [6, 6.07) is 4.59. The van der Waals surface area contributed by atoms with E-state index in [1.165, 1.54) is 18.5 Å². The van der Waals surface area contributed by atoms with Gasteiger partial charge in [0.2, 0.25) is 0 Å². The summed E-state index contributed by atoms with van der Waals surface area (Å²) in [5.41, 5.74) is 2.08. The molecule has 0 radical (unpaired) electrons. The number of aryl methyl sites for hydroxylation is 2. The van der Waals surface area contributed by atoms with E-state index in [1.54, 1.807) is 6.92 Å². The Morgan fingerprint density at radius 2 is 2.00 bits per heavy atom. The van der Waals surface area contributed by atoms with Gasteiger partial charge in [0.1, 0.15) is 5.82 Å². The third-order valence-electron chi connectivity index (χ3n) is 2.37. The minimum atomic E-state index is -0.351. The summed E-state index contributed by atoms with van der Waals surface area (Å²) < 4.78 is 13.8. The largest absolute Gasteiger partial charge is 0.313 e. The zero-order valence-electron chi connectivity index (χ0n) is 9.04. The van der Waals surface area contributed by atoms with Crippen LogP contribution in [0.15, 0.2) is 29.3 Å². The second-order valence-electron chi connectivity index (χ2n) is 3.74. The van der Waals surface area contributed by atoms with Gasteiger partial charge >= 0.3 is 0 Å². The molecule has 0 aliphatic rings. The van der Waals surface area contributed by atoms with E-state index in [4.69, 9.17) is 0 Å². The molecule has 0 fully saturated rings. The van der Waals surface area contributed by atoms with Gasteiger partial charge in [0, 0.05) is 11.6 Å². The SMILES string of the molecule is Cc1cc(C)c(-c2cc(=O)[nH]cn2)c(F)c1. The van der Waals surface area contributed by atoms with Gasteiger partial charge in [-0.2, -0.15) is 0 Å². The van der Waals surface area contributed by atoms with Crippen LogP contribution in [0.1, 0.15) is 11.1 Å². The average Bonchev–Trinajstić information content (AvgIpc) is 2.15. The van der Waals surface area contributed by atoms with Crippen molar-refractivity contribution in [1.29, 1.82) is 0 Å². The number of aromatic nitrogens is 2. The van der Waals surface area contributed by atoms with Crippen LogP contribution in [0.2, 0.25) is 0 Å². The van der Waals surface area contributed by atoms with Gasteiger partial charge in [0.15, 0.2) is 0 Å². The number of aromatic amines is 1. The molecule has 16 heavy (non-hydrogen) atoms. The number of hydrogen-bond donors (Lipinski definition) is 1. The molecule has 3 nitrogen and oxygen atoms in total. The molecule has 2 rings (SSSR count). The third kappa shape index (κ3) is 1.86. The molecule has 1 heterocycles. The molecule has 0 saturated heterocycles. The Morgan fingerprint density at radius 3 is 2.62 bits per heavy atom. The van der Waals surface area contributed by atoms with Gasteiger partial charge in [-0.05, 0) is 31.0 Å². The van der Waals surface area contributed by atoms with Crippen molar-refractivity contribution in [3.8, 4) is 11.3 Å². The first-order chi connectivity index (χ1) is 7.58. The summed E-state index contributed by atoms with van der Waals surface area (Å²) in [6.45, 7) is 3.62. The van der Waals surface area contributed by atoms with Gasteiger partial charge in [0.25, 0.3) is 5.56 Å². The molecule has 0 aliphatic heterocycles. The molecule has 1 aromatic heterocycles. The zero-order valence-corrected chi connectivity index (χ0v) is 9.04. The maximum absolute atomic E-state index is 13.8. The van der Waals surface area contributed by atoms with Crippen LogP contribution < -0.4 is 5.56 Å². The van der Waals surface area contributed by atoms with Crippen molar-refractivity contribution < 1.29 is 4.39 Å². The Bertz CT molecular complexity index is 567. The van der Waals surface area contributed by atoms with Crippen LogP contribution in [-0.4, -0.2) is 9.97 Å². The fourth-order valence-electron chi connectivity index (χ4n) is 1.75. The standard InChI is InChI=1S/C12H11FN2O/c1-7-3-8(2)12(9(13)4-7)10-5-11(16)15-6-14-10/h3-6H,1-2H3,(H,14,15,16). The van der Waals surface area contributed by atoms with Crippen molar-refractivity contribution in [2.45, 2.75) is 13.8 Å². The first-order valence-electron chi connectivity index (χ1n) is 4.90. The number of halogens is 1. The highest BCUT2D eigenvalue weighted by Crippen LogP contribution is 2.24. The first kappa shape index (κ1) is 10.5. The number of nitrogens with one attached hydrogen (secondary N) is 1. The fourth-order valence-corrected chi connectivity index (χ4v) is 1.75. The highest BCUT2D eigenvalue weighted by molar-refractivity contribution is 5.64. The summed E-state index contributed by atoms with van der Waals surface area (Å²) >= 11 is 0. The predicted molar refractivity (Wildman–Crippen MR) is 59.7 cm³/mol. The molecule has 0 bridgehead atoms. The number of nitrogens with zero attached hydrogens (tertiary/aromatic N) is 1. The number of rotatable bonds is 1. The number of benzene rings is 1. The van der Waals surface area contributed by atoms with E-state index in [9.17, 15) is 9.18 Å². The molecule has 0 amide bonds. The normalized spacial score (nSPS) is 10.4. The molecule has 0 atom stereocenters. The van der Waals surface area contributed by atoms with E-state index < -0.39 is 0 Å². The van der Waals surface area contributed by atoms with E-state index in [1.807, 2.05) is 13.0 Å². The molecule has 0 spiro atoms. The van der Waals surface area contributed by atoms with Crippen LogP contribution in [0.4, 0.5) is 4.39 Å². The Labute approximate surface area is 92.0 Å². The zero-order chi connectivity index (χ0) is 11.7. The van der Waals surface area contributed by atoms with Crippen LogP contribution in [-0.2, 0) is 0 Å². The van der Waals surface area contributed by atoms with Crippen LogP contribution in [0.5, 0.6) is 0 Å². The number of H-pyrrole nitrogens is 1. The van der Waals surface area contributed by atoms with Crippen LogP contribution >= 0.6 is 0 Å². The summed E-state index contributed by atoms with van der Waals surface area (Å²) in [5, 5.41) is 0. The van der Waals surface area contributed by atoms with Gasteiger partial charge in [-0.1, -0.05) is 6.07 Å². The van der Waals surface area contributed by atoms with Gasteiger partial charge < -0.3 is 4.98 Å². The molecule has 0 aliphatic carbocycles. The predicted octanol–water partition coefficient (Wildman–Crippen LogP) is 2.19. The average molecular weight is 218 g/mol. The lowest BCUT2D eigenvalue weighted by molar-refractivity contribution is 0.628. The third-order valence-corrected chi connectivity index (χ3v) is 2.37. The highest BCUT2D eigenvalue weighted by atomic mass is 19.1. The summed E-state index contributed by atoms with van der Waals surface area (Å²) in [7, 11) is 0. The molecule has 1 aromatic carbocycles. The second-order valence-corrected chi connectivity index (χ2v) is 3.74. The van der Waals surface area contributed by atoms with Crippen molar-refractivity contribution in [3.05, 3.63) is 51.8 Å². The lowest BCUT2D eigenvalue weighted by Gasteiger charge is -2.07. The van der Waals surface area contributed by atoms with Crippen LogP contribution in [0.3, 0.4) is 0 Å². The Hall–Kier alpha value is -1.97. The maximum Gasteiger partial charge on any atom is 0.251 e. The maximum atomic E-state index is 13.8. The minimum Gasteiger partial charge on any atom is -0.313 e. The van der Waals surface area contributed by atoms with Crippen molar-refractivity contribution >= 4 is 0 Å². The quantitative estimate of drug-likeness (QED) is 0.797. The lowest BCUT2D eigenvalue weighted by Crippen LogP contribution is -2.05. The Kier molecular flexibility index (Phi) is 2.56. The molecular weight excluding hydrogens is 207 g/mol. The molecule has 4 heteroatoms. The molecule has 82 valence electrons. The number of hydrogen-bond acceptors (Lipinski definition) is 2.